The van der Waals surface area contributed by atoms with Gasteiger partial charge in [-0.3, -0.25) is 4.57 Å². The molecular formula is C51H45N5O. The van der Waals surface area contributed by atoms with E-state index < -0.39 is 0 Å². The molecule has 0 saturated carbocycles. The van der Waals surface area contributed by atoms with Crippen LogP contribution < -0.4 is 14.5 Å². The summed E-state index contributed by atoms with van der Waals surface area (Å²) in [5.74, 6) is 2.15. The molecule has 0 unspecified atom stereocenters. The summed E-state index contributed by atoms with van der Waals surface area (Å²) in [6.45, 7) is 22.1. The maximum absolute atomic E-state index is 8.10. The van der Waals surface area contributed by atoms with Crippen molar-refractivity contribution >= 4 is 50.2 Å². The first-order valence-electron chi connectivity index (χ1n) is 19.5. The Bertz CT molecular complexity index is 2850. The molecule has 57 heavy (non-hydrogen) atoms. The molecule has 6 nitrogen and oxygen atoms in total. The SMILES string of the molecule is [C-]#[N+]c1cc(Oc2ccc3c4ccccc4n(-c4cc(C(C)(C)C)ccn4)c3c2)cc(N2CN(c3cc(C(C)(C)C)ccc3-c3ccccc3)c3ccccc32)c1. The highest BCUT2D eigenvalue weighted by Crippen LogP contribution is 2.49. The van der Waals surface area contributed by atoms with E-state index in [1.165, 1.54) is 22.3 Å². The van der Waals surface area contributed by atoms with Crippen LogP contribution in [0.15, 0.2) is 152 Å². The van der Waals surface area contributed by atoms with Gasteiger partial charge in [-0.05, 0) is 88.2 Å². The largest absolute Gasteiger partial charge is 0.459 e. The molecule has 1 aliphatic heterocycles. The summed E-state index contributed by atoms with van der Waals surface area (Å²) in [6, 6.07) is 50.8. The van der Waals surface area contributed by atoms with E-state index in [0.29, 0.717) is 23.9 Å². The van der Waals surface area contributed by atoms with Crippen molar-refractivity contribution in [3.05, 3.63) is 174 Å². The van der Waals surface area contributed by atoms with Crippen molar-refractivity contribution in [3.8, 4) is 28.4 Å². The van der Waals surface area contributed by atoms with E-state index in [9.17, 15) is 0 Å². The van der Waals surface area contributed by atoms with Crippen LogP contribution in [-0.2, 0) is 10.8 Å². The van der Waals surface area contributed by atoms with Crippen molar-refractivity contribution in [1.82, 2.24) is 9.55 Å². The van der Waals surface area contributed by atoms with Gasteiger partial charge in [-0.15, -0.1) is 0 Å². The molecule has 0 fully saturated rings. The zero-order valence-electron chi connectivity index (χ0n) is 33.3. The van der Waals surface area contributed by atoms with Crippen molar-refractivity contribution in [3.63, 3.8) is 0 Å². The van der Waals surface area contributed by atoms with Crippen LogP contribution in [0.5, 0.6) is 11.5 Å². The fourth-order valence-electron chi connectivity index (χ4n) is 7.98. The Kier molecular flexibility index (Phi) is 8.63. The van der Waals surface area contributed by atoms with Gasteiger partial charge in [0.1, 0.15) is 24.0 Å². The second-order valence-electron chi connectivity index (χ2n) is 16.9. The zero-order valence-corrected chi connectivity index (χ0v) is 33.3. The van der Waals surface area contributed by atoms with Gasteiger partial charge in [0.05, 0.1) is 34.7 Å². The summed E-state index contributed by atoms with van der Waals surface area (Å²) in [6.07, 6.45) is 1.90. The summed E-state index contributed by atoms with van der Waals surface area (Å²) < 4.78 is 8.93. The minimum Gasteiger partial charge on any atom is -0.459 e. The van der Waals surface area contributed by atoms with Gasteiger partial charge in [0.2, 0.25) is 0 Å². The van der Waals surface area contributed by atoms with Crippen LogP contribution >= 0.6 is 0 Å². The monoisotopic (exact) mass is 743 g/mol. The minimum atomic E-state index is -0.0244. The summed E-state index contributed by atoms with van der Waals surface area (Å²) in [5, 5.41) is 2.27. The minimum absolute atomic E-state index is 0.0239. The molecule has 0 bridgehead atoms. The molecule has 0 spiro atoms. The van der Waals surface area contributed by atoms with Crippen molar-refractivity contribution < 1.29 is 4.74 Å². The van der Waals surface area contributed by atoms with Gasteiger partial charge in [0, 0.05) is 40.4 Å². The number of nitrogens with zero attached hydrogens (tertiary/aromatic N) is 5. The normalized spacial score (nSPS) is 12.9. The van der Waals surface area contributed by atoms with Gasteiger partial charge < -0.3 is 14.5 Å². The van der Waals surface area contributed by atoms with Crippen LogP contribution in [0.2, 0.25) is 0 Å². The van der Waals surface area contributed by atoms with Crippen molar-refractivity contribution in [2.45, 2.75) is 52.4 Å². The number of hydrogen-bond donors (Lipinski definition) is 0. The zero-order chi connectivity index (χ0) is 39.5. The fourth-order valence-corrected chi connectivity index (χ4v) is 7.98. The molecule has 6 aromatic carbocycles. The number of benzene rings is 6. The molecule has 280 valence electrons. The van der Waals surface area contributed by atoms with Crippen LogP contribution in [0, 0.1) is 6.57 Å². The van der Waals surface area contributed by atoms with Gasteiger partial charge in [-0.25, -0.2) is 9.83 Å². The summed E-state index contributed by atoms with van der Waals surface area (Å²) >= 11 is 0. The molecule has 0 atom stereocenters. The molecular weight excluding hydrogens is 699 g/mol. The Morgan fingerprint density at radius 3 is 2.02 bits per heavy atom. The third-order valence-electron chi connectivity index (χ3n) is 11.0. The van der Waals surface area contributed by atoms with Gasteiger partial charge in [0.25, 0.3) is 0 Å². The maximum Gasteiger partial charge on any atom is 0.192 e. The average molecular weight is 744 g/mol. The number of pyridine rings is 1. The van der Waals surface area contributed by atoms with E-state index in [1.54, 1.807) is 0 Å². The molecule has 9 rings (SSSR count). The third-order valence-corrected chi connectivity index (χ3v) is 11.0. The molecule has 0 aliphatic carbocycles. The number of rotatable bonds is 6. The Morgan fingerprint density at radius 2 is 1.26 bits per heavy atom. The van der Waals surface area contributed by atoms with Crippen LogP contribution in [0.3, 0.4) is 0 Å². The number of anilines is 4. The second kappa shape index (κ2) is 13.7. The average Bonchev–Trinajstić information content (AvgIpc) is 3.76. The second-order valence-corrected chi connectivity index (χ2v) is 16.9. The van der Waals surface area contributed by atoms with Crippen molar-refractivity contribution in [1.29, 1.82) is 0 Å². The number of fused-ring (bicyclic) bond motifs is 4. The first-order valence-corrected chi connectivity index (χ1v) is 19.5. The number of hydrogen-bond acceptors (Lipinski definition) is 4. The van der Waals surface area contributed by atoms with Gasteiger partial charge in [-0.1, -0.05) is 114 Å². The number of ether oxygens (including phenoxy) is 1. The topological polar surface area (TPSA) is 37.9 Å². The molecule has 2 aromatic heterocycles. The van der Waals surface area contributed by atoms with E-state index in [0.717, 1.165) is 50.4 Å². The molecule has 8 aromatic rings. The lowest BCUT2D eigenvalue weighted by atomic mass is 9.85. The Morgan fingerprint density at radius 1 is 0.579 bits per heavy atom. The molecule has 0 saturated heterocycles. The Balaban J connectivity index is 1.12. The number of para-hydroxylation sites is 3. The molecule has 0 N–H and O–H groups in total. The van der Waals surface area contributed by atoms with Gasteiger partial charge in [-0.2, -0.15) is 0 Å². The summed E-state index contributed by atoms with van der Waals surface area (Å²) in [4.78, 5) is 13.4. The summed E-state index contributed by atoms with van der Waals surface area (Å²) in [5.41, 5.74) is 11.6. The Hall–Kier alpha value is -6.84. The predicted molar refractivity (Wildman–Crippen MR) is 236 cm³/mol. The van der Waals surface area contributed by atoms with E-state index in [1.807, 2.05) is 30.5 Å². The summed E-state index contributed by atoms with van der Waals surface area (Å²) in [7, 11) is 0. The van der Waals surface area contributed by atoms with Crippen LogP contribution in [0.4, 0.5) is 28.4 Å². The standard InChI is InChI=1S/C51H45N5O/c1-50(2,3)35-21-23-41(34-15-9-8-10-16-34)47(27-35)55-33-54(45-19-13-14-20-46(45)55)38-29-37(52-7)30-40(31-38)57-39-22-24-43-42-17-11-12-18-44(42)56(48(43)32-39)49-28-36(25-26-53-49)51(4,5)6/h8-32H,33H2,1-6H3. The van der Waals surface area contributed by atoms with E-state index in [-0.39, 0.29) is 10.8 Å². The lowest BCUT2D eigenvalue weighted by Crippen LogP contribution is -2.25. The van der Waals surface area contributed by atoms with Crippen LogP contribution in [0.1, 0.15) is 52.7 Å². The lowest BCUT2D eigenvalue weighted by Gasteiger charge is -2.28. The third kappa shape index (κ3) is 6.55. The van der Waals surface area contributed by atoms with E-state index in [2.05, 4.69) is 182 Å². The van der Waals surface area contributed by atoms with Crippen LogP contribution in [-0.4, -0.2) is 16.2 Å². The van der Waals surface area contributed by atoms with Gasteiger partial charge in [0.15, 0.2) is 5.69 Å². The van der Waals surface area contributed by atoms with Crippen molar-refractivity contribution in [2.24, 2.45) is 0 Å². The fraction of sp³-hybridized carbons (Fsp3) is 0.176. The van der Waals surface area contributed by atoms with Crippen molar-refractivity contribution in [2.75, 3.05) is 16.5 Å². The number of aromatic nitrogens is 2. The van der Waals surface area contributed by atoms with Gasteiger partial charge >= 0.3 is 0 Å². The molecule has 1 aliphatic rings. The van der Waals surface area contributed by atoms with Crippen LogP contribution in [0.25, 0.3) is 43.6 Å². The smallest absolute Gasteiger partial charge is 0.192 e. The van der Waals surface area contributed by atoms with E-state index >= 15 is 0 Å². The maximum atomic E-state index is 8.10. The highest BCUT2D eigenvalue weighted by atomic mass is 16.5. The highest BCUT2D eigenvalue weighted by molar-refractivity contribution is 6.09. The predicted octanol–water partition coefficient (Wildman–Crippen LogP) is 14.0. The quantitative estimate of drug-likeness (QED) is 0.159. The van der Waals surface area contributed by atoms with E-state index in [4.69, 9.17) is 16.3 Å². The first kappa shape index (κ1) is 35.8. The lowest BCUT2D eigenvalue weighted by molar-refractivity contribution is 0.483. The molecule has 0 amide bonds. The Labute approximate surface area is 335 Å². The first-order chi connectivity index (χ1) is 27.5. The molecule has 0 radical (unpaired) electrons. The highest BCUT2D eigenvalue weighted by Gasteiger charge is 2.31. The molecule has 3 heterocycles. The molecule has 6 heteroatoms.